The van der Waals surface area contributed by atoms with Gasteiger partial charge in [-0.05, 0) is 20.3 Å². The summed E-state index contributed by atoms with van der Waals surface area (Å²) < 4.78 is 38.0. The zero-order chi connectivity index (χ0) is 13.8. The van der Waals surface area contributed by atoms with Crippen molar-refractivity contribution in [3.63, 3.8) is 0 Å². The van der Waals surface area contributed by atoms with Crippen LogP contribution in [-0.2, 0) is 6.18 Å². The molecule has 0 aliphatic carbocycles. The topological polar surface area (TPSA) is 49.8 Å². The molecule has 1 unspecified atom stereocenters. The van der Waals surface area contributed by atoms with E-state index in [4.69, 9.17) is 0 Å². The Hall–Kier alpha value is -1.53. The third-order valence-corrected chi connectivity index (χ3v) is 2.36. The summed E-state index contributed by atoms with van der Waals surface area (Å²) in [6.07, 6.45) is -3.68. The molecular weight excluding hydrogens is 245 g/mol. The van der Waals surface area contributed by atoms with Gasteiger partial charge in [0.05, 0.1) is 0 Å². The van der Waals surface area contributed by atoms with Crippen LogP contribution in [0.15, 0.2) is 6.07 Å². The van der Waals surface area contributed by atoms with Crippen LogP contribution in [0.2, 0.25) is 0 Å². The van der Waals surface area contributed by atoms with Gasteiger partial charge in [-0.2, -0.15) is 18.2 Å². The fourth-order valence-electron chi connectivity index (χ4n) is 1.26. The van der Waals surface area contributed by atoms with Gasteiger partial charge < -0.3 is 10.6 Å². The van der Waals surface area contributed by atoms with Gasteiger partial charge in [-0.25, -0.2) is 4.98 Å². The van der Waals surface area contributed by atoms with E-state index in [1.54, 1.807) is 6.92 Å². The molecule has 4 nitrogen and oxygen atoms in total. The second-order valence-electron chi connectivity index (χ2n) is 3.94. The van der Waals surface area contributed by atoms with E-state index in [0.717, 1.165) is 12.5 Å². The molecule has 7 heteroatoms. The maximum atomic E-state index is 12.7. The zero-order valence-corrected chi connectivity index (χ0v) is 10.6. The number of nitrogens with one attached hydrogen (secondary N) is 2. The Morgan fingerprint density at radius 1 is 1.28 bits per heavy atom. The molecule has 0 aliphatic rings. The number of hydrogen-bond acceptors (Lipinski definition) is 4. The van der Waals surface area contributed by atoms with Crippen LogP contribution in [0.5, 0.6) is 0 Å². The van der Waals surface area contributed by atoms with Gasteiger partial charge in [0, 0.05) is 18.7 Å². The summed E-state index contributed by atoms with van der Waals surface area (Å²) in [7, 11) is 0. The quantitative estimate of drug-likeness (QED) is 0.856. The van der Waals surface area contributed by atoms with E-state index < -0.39 is 11.9 Å². The van der Waals surface area contributed by atoms with E-state index in [-0.39, 0.29) is 17.8 Å². The highest BCUT2D eigenvalue weighted by Crippen LogP contribution is 2.29. The van der Waals surface area contributed by atoms with Crippen molar-refractivity contribution in [1.29, 1.82) is 0 Å². The molecule has 0 radical (unpaired) electrons. The van der Waals surface area contributed by atoms with Crippen LogP contribution in [0.3, 0.4) is 0 Å². The maximum absolute atomic E-state index is 12.7. The van der Waals surface area contributed by atoms with Gasteiger partial charge in [-0.15, -0.1) is 0 Å². The highest BCUT2D eigenvalue weighted by Gasteiger charge is 2.33. The van der Waals surface area contributed by atoms with Gasteiger partial charge in [0.25, 0.3) is 0 Å². The lowest BCUT2D eigenvalue weighted by Gasteiger charge is -2.15. The van der Waals surface area contributed by atoms with Crippen LogP contribution in [-0.4, -0.2) is 22.6 Å². The summed E-state index contributed by atoms with van der Waals surface area (Å²) in [5.41, 5.74) is -0.945. The highest BCUT2D eigenvalue weighted by atomic mass is 19.4. The second-order valence-corrected chi connectivity index (χ2v) is 3.94. The molecule has 1 rings (SSSR count). The van der Waals surface area contributed by atoms with Crippen molar-refractivity contribution < 1.29 is 13.2 Å². The maximum Gasteiger partial charge on any atom is 0.433 e. The molecular formula is C11H17F3N4. The molecule has 1 atom stereocenters. The van der Waals surface area contributed by atoms with E-state index in [1.807, 2.05) is 13.8 Å². The molecule has 0 amide bonds. The van der Waals surface area contributed by atoms with Crippen LogP contribution >= 0.6 is 0 Å². The molecule has 0 saturated heterocycles. The minimum Gasteiger partial charge on any atom is -0.367 e. The molecule has 18 heavy (non-hydrogen) atoms. The van der Waals surface area contributed by atoms with Gasteiger partial charge in [0.1, 0.15) is 5.82 Å². The Morgan fingerprint density at radius 3 is 2.44 bits per heavy atom. The lowest BCUT2D eigenvalue weighted by atomic mass is 10.2. The molecule has 0 aliphatic heterocycles. The molecule has 0 aromatic carbocycles. The lowest BCUT2D eigenvalue weighted by molar-refractivity contribution is -0.141. The summed E-state index contributed by atoms with van der Waals surface area (Å²) >= 11 is 0. The number of alkyl halides is 3. The number of hydrogen-bond donors (Lipinski definition) is 2. The van der Waals surface area contributed by atoms with E-state index >= 15 is 0 Å². The first-order valence-electron chi connectivity index (χ1n) is 5.83. The molecule has 0 saturated carbocycles. The number of nitrogens with zero attached hydrogens (tertiary/aromatic N) is 2. The first-order chi connectivity index (χ1) is 8.36. The Kier molecular flexibility index (Phi) is 4.75. The lowest BCUT2D eigenvalue weighted by Crippen LogP contribution is -2.18. The summed E-state index contributed by atoms with van der Waals surface area (Å²) in [6.45, 7) is 6.05. The largest absolute Gasteiger partial charge is 0.433 e. The molecule has 0 fully saturated rings. The Labute approximate surface area is 104 Å². The van der Waals surface area contributed by atoms with Crippen LogP contribution < -0.4 is 10.6 Å². The Morgan fingerprint density at radius 2 is 1.94 bits per heavy atom. The fourth-order valence-corrected chi connectivity index (χ4v) is 1.26. The summed E-state index contributed by atoms with van der Waals surface area (Å²) in [6, 6.07) is 0.975. The van der Waals surface area contributed by atoms with Crippen molar-refractivity contribution in [3.05, 3.63) is 11.8 Å². The standard InChI is InChI=1S/C11H17F3N4/c1-4-7(3)16-9-6-8(11(12,13)14)17-10(18-9)15-5-2/h6-7H,4-5H2,1-3H3,(H2,15,16,17,18). The monoisotopic (exact) mass is 262 g/mol. The fraction of sp³-hybridized carbons (Fsp3) is 0.636. The molecule has 0 spiro atoms. The third-order valence-electron chi connectivity index (χ3n) is 2.36. The van der Waals surface area contributed by atoms with Gasteiger partial charge in [-0.3, -0.25) is 0 Å². The summed E-state index contributed by atoms with van der Waals surface area (Å²) in [5, 5.41) is 5.60. The van der Waals surface area contributed by atoms with Crippen LogP contribution in [0.4, 0.5) is 24.9 Å². The normalized spacial score (nSPS) is 13.2. The molecule has 2 N–H and O–H groups in total. The average molecular weight is 262 g/mol. The molecule has 0 bridgehead atoms. The first-order valence-corrected chi connectivity index (χ1v) is 5.83. The summed E-state index contributed by atoms with van der Waals surface area (Å²) in [5.74, 6) is 0.167. The van der Waals surface area contributed by atoms with E-state index in [9.17, 15) is 13.2 Å². The Bertz CT molecular complexity index is 392. The van der Waals surface area contributed by atoms with Gasteiger partial charge >= 0.3 is 6.18 Å². The van der Waals surface area contributed by atoms with Crippen molar-refractivity contribution in [2.24, 2.45) is 0 Å². The van der Waals surface area contributed by atoms with Gasteiger partial charge in [0.15, 0.2) is 5.69 Å². The van der Waals surface area contributed by atoms with Crippen molar-refractivity contribution in [3.8, 4) is 0 Å². The average Bonchev–Trinajstić information content (AvgIpc) is 2.27. The number of halogens is 3. The van der Waals surface area contributed by atoms with Crippen LogP contribution in [0.25, 0.3) is 0 Å². The zero-order valence-electron chi connectivity index (χ0n) is 10.6. The molecule has 1 aromatic heterocycles. The Balaban J connectivity index is 3.06. The van der Waals surface area contributed by atoms with Crippen LogP contribution in [0.1, 0.15) is 32.9 Å². The minimum absolute atomic E-state index is 0.0156. The molecule has 1 heterocycles. The number of rotatable bonds is 5. The predicted octanol–water partition coefficient (Wildman–Crippen LogP) is 3.14. The van der Waals surface area contributed by atoms with E-state index in [0.29, 0.717) is 6.54 Å². The highest BCUT2D eigenvalue weighted by molar-refractivity contribution is 5.43. The number of anilines is 2. The predicted molar refractivity (Wildman–Crippen MR) is 64.6 cm³/mol. The van der Waals surface area contributed by atoms with Gasteiger partial charge in [-0.1, -0.05) is 6.92 Å². The van der Waals surface area contributed by atoms with Crippen molar-refractivity contribution in [2.45, 2.75) is 39.4 Å². The molecule has 102 valence electrons. The van der Waals surface area contributed by atoms with Gasteiger partial charge in [0.2, 0.25) is 5.95 Å². The third kappa shape index (κ3) is 4.05. The SMILES string of the molecule is CCNc1nc(NC(C)CC)cc(C(F)(F)F)n1. The van der Waals surface area contributed by atoms with Crippen LogP contribution in [0, 0.1) is 0 Å². The van der Waals surface area contributed by atoms with Crippen molar-refractivity contribution in [2.75, 3.05) is 17.2 Å². The molecule has 1 aromatic rings. The van der Waals surface area contributed by atoms with E-state index in [1.165, 1.54) is 0 Å². The van der Waals surface area contributed by atoms with Crippen molar-refractivity contribution >= 4 is 11.8 Å². The first kappa shape index (κ1) is 14.5. The van der Waals surface area contributed by atoms with Crippen molar-refractivity contribution in [1.82, 2.24) is 9.97 Å². The summed E-state index contributed by atoms with van der Waals surface area (Å²) in [4.78, 5) is 7.43. The second kappa shape index (κ2) is 5.88. The smallest absolute Gasteiger partial charge is 0.367 e. The van der Waals surface area contributed by atoms with E-state index in [2.05, 4.69) is 20.6 Å². The number of aromatic nitrogens is 2. The minimum atomic E-state index is -4.47.